The molecule has 2 atom stereocenters. The Bertz CT molecular complexity index is 703. The van der Waals surface area contributed by atoms with Crippen molar-refractivity contribution in [3.05, 3.63) is 42.1 Å². The molecule has 2 unspecified atom stereocenters. The second-order valence-electron chi connectivity index (χ2n) is 6.97. The number of nitrogens with zero attached hydrogens (tertiary/aromatic N) is 1. The first-order chi connectivity index (χ1) is 10.9. The maximum absolute atomic E-state index is 11.7. The number of fused-ring (bicyclic) bond motifs is 1. The lowest BCUT2D eigenvalue weighted by Crippen LogP contribution is -2.36. The van der Waals surface area contributed by atoms with E-state index in [1.54, 1.807) is 0 Å². The third kappa shape index (κ3) is 4.20. The molecule has 1 fully saturated rings. The summed E-state index contributed by atoms with van der Waals surface area (Å²) in [4.78, 5) is 16.2. The Morgan fingerprint density at radius 2 is 2.04 bits per heavy atom. The van der Waals surface area contributed by atoms with Crippen LogP contribution in [-0.2, 0) is 11.3 Å². The number of benzene rings is 1. The average Bonchev–Trinajstić information content (AvgIpc) is 3.21. The molecule has 1 aliphatic rings. The summed E-state index contributed by atoms with van der Waals surface area (Å²) in [5, 5.41) is 7.51. The molecule has 122 valence electrons. The van der Waals surface area contributed by atoms with E-state index in [0.717, 1.165) is 23.9 Å². The lowest BCUT2D eigenvalue weighted by atomic mass is 10.1. The highest BCUT2D eigenvalue weighted by Gasteiger charge is 2.38. The highest BCUT2D eigenvalue weighted by Crippen LogP contribution is 2.23. The van der Waals surface area contributed by atoms with Gasteiger partial charge >= 0.3 is 6.09 Å². The summed E-state index contributed by atoms with van der Waals surface area (Å²) in [7, 11) is 0. The van der Waals surface area contributed by atoms with Gasteiger partial charge in [0.25, 0.3) is 0 Å². The molecular weight excluding hydrogens is 290 g/mol. The van der Waals surface area contributed by atoms with Gasteiger partial charge < -0.3 is 15.4 Å². The molecule has 5 heteroatoms. The lowest BCUT2D eigenvalue weighted by molar-refractivity contribution is 0.0522. The summed E-state index contributed by atoms with van der Waals surface area (Å²) >= 11 is 0. The average molecular weight is 313 g/mol. The molecule has 1 aromatic carbocycles. The van der Waals surface area contributed by atoms with E-state index in [0.29, 0.717) is 6.04 Å². The first kappa shape index (κ1) is 15.7. The number of ether oxygens (including phenoxy) is 1. The van der Waals surface area contributed by atoms with E-state index in [1.165, 1.54) is 5.56 Å². The molecule has 23 heavy (non-hydrogen) atoms. The standard InChI is InChI=1S/C18H23N3O2/c1-18(2,3)23-17(22)21-15-10-14(15)20-11-13-7-4-6-12-8-5-9-19-16(12)13/h4-9,14-15,20H,10-11H2,1-3H3,(H,21,22). The van der Waals surface area contributed by atoms with Gasteiger partial charge in [-0.25, -0.2) is 4.79 Å². The number of aromatic nitrogens is 1. The molecule has 1 amide bonds. The molecule has 1 heterocycles. The maximum Gasteiger partial charge on any atom is 0.407 e. The van der Waals surface area contributed by atoms with Crippen LogP contribution in [0.5, 0.6) is 0 Å². The Morgan fingerprint density at radius 1 is 1.26 bits per heavy atom. The SMILES string of the molecule is CC(C)(C)OC(=O)NC1CC1NCc1cccc2cccnc12. The zero-order valence-corrected chi connectivity index (χ0v) is 13.8. The van der Waals surface area contributed by atoms with Crippen LogP contribution in [0.15, 0.2) is 36.5 Å². The Balaban J connectivity index is 1.51. The minimum absolute atomic E-state index is 0.146. The van der Waals surface area contributed by atoms with Gasteiger partial charge in [0.05, 0.1) is 5.52 Å². The topological polar surface area (TPSA) is 63.2 Å². The monoisotopic (exact) mass is 313 g/mol. The van der Waals surface area contributed by atoms with Gasteiger partial charge in [-0.2, -0.15) is 0 Å². The fourth-order valence-electron chi connectivity index (χ4n) is 2.59. The van der Waals surface area contributed by atoms with Crippen LogP contribution < -0.4 is 10.6 Å². The molecule has 1 aromatic heterocycles. The van der Waals surface area contributed by atoms with Gasteiger partial charge in [0, 0.05) is 30.2 Å². The van der Waals surface area contributed by atoms with Gasteiger partial charge in [-0.3, -0.25) is 4.98 Å². The largest absolute Gasteiger partial charge is 0.444 e. The van der Waals surface area contributed by atoms with Crippen molar-refractivity contribution in [1.29, 1.82) is 0 Å². The van der Waals surface area contributed by atoms with E-state index in [4.69, 9.17) is 4.74 Å². The highest BCUT2D eigenvalue weighted by atomic mass is 16.6. The maximum atomic E-state index is 11.7. The molecule has 0 spiro atoms. The van der Waals surface area contributed by atoms with Gasteiger partial charge in [-0.05, 0) is 38.8 Å². The van der Waals surface area contributed by atoms with Crippen LogP contribution in [0.3, 0.4) is 0 Å². The number of para-hydroxylation sites is 1. The number of amides is 1. The quantitative estimate of drug-likeness (QED) is 0.911. The number of rotatable bonds is 4. The summed E-state index contributed by atoms with van der Waals surface area (Å²) in [6.07, 6.45) is 2.39. The van der Waals surface area contributed by atoms with Crippen molar-refractivity contribution in [3.8, 4) is 0 Å². The molecule has 0 aliphatic heterocycles. The van der Waals surface area contributed by atoms with Crippen LogP contribution in [-0.4, -0.2) is 28.8 Å². The van der Waals surface area contributed by atoms with Gasteiger partial charge in [0.15, 0.2) is 0 Å². The second kappa shape index (κ2) is 6.16. The van der Waals surface area contributed by atoms with E-state index in [-0.39, 0.29) is 12.1 Å². The van der Waals surface area contributed by atoms with E-state index in [9.17, 15) is 4.79 Å². The van der Waals surface area contributed by atoms with E-state index >= 15 is 0 Å². The number of alkyl carbamates (subject to hydrolysis) is 1. The third-order valence-corrected chi connectivity index (χ3v) is 3.76. The number of pyridine rings is 1. The minimum atomic E-state index is -0.462. The minimum Gasteiger partial charge on any atom is -0.444 e. The van der Waals surface area contributed by atoms with Crippen LogP contribution in [0, 0.1) is 0 Å². The molecule has 2 N–H and O–H groups in total. The molecule has 0 saturated heterocycles. The molecule has 0 bridgehead atoms. The summed E-state index contributed by atoms with van der Waals surface area (Å²) in [5.41, 5.74) is 1.74. The van der Waals surface area contributed by atoms with Crippen molar-refractivity contribution in [2.75, 3.05) is 0 Å². The molecule has 2 aromatic rings. The van der Waals surface area contributed by atoms with Crippen LogP contribution in [0.1, 0.15) is 32.8 Å². The van der Waals surface area contributed by atoms with Crippen LogP contribution in [0.25, 0.3) is 10.9 Å². The normalized spacial score (nSPS) is 20.3. The Kier molecular flexibility index (Phi) is 4.22. The fraction of sp³-hybridized carbons (Fsp3) is 0.444. The zero-order valence-electron chi connectivity index (χ0n) is 13.8. The number of hydrogen-bond acceptors (Lipinski definition) is 4. The van der Waals surface area contributed by atoms with Crippen molar-refractivity contribution < 1.29 is 9.53 Å². The predicted molar refractivity (Wildman–Crippen MR) is 90.1 cm³/mol. The van der Waals surface area contributed by atoms with Crippen LogP contribution in [0.2, 0.25) is 0 Å². The van der Waals surface area contributed by atoms with Crippen molar-refractivity contribution in [1.82, 2.24) is 15.6 Å². The molecule has 5 nitrogen and oxygen atoms in total. The third-order valence-electron chi connectivity index (χ3n) is 3.76. The highest BCUT2D eigenvalue weighted by molar-refractivity contribution is 5.81. The summed E-state index contributed by atoms with van der Waals surface area (Å²) in [5.74, 6) is 0. The van der Waals surface area contributed by atoms with Gasteiger partial charge in [0.2, 0.25) is 0 Å². The van der Waals surface area contributed by atoms with Gasteiger partial charge in [-0.15, -0.1) is 0 Å². The number of hydrogen-bond donors (Lipinski definition) is 2. The van der Waals surface area contributed by atoms with E-state index in [1.807, 2.05) is 39.1 Å². The van der Waals surface area contributed by atoms with Crippen LogP contribution in [0.4, 0.5) is 4.79 Å². The molecule has 1 saturated carbocycles. The molecule has 1 aliphatic carbocycles. The first-order valence-electron chi connectivity index (χ1n) is 7.98. The molecular formula is C18H23N3O2. The summed E-state index contributed by atoms with van der Waals surface area (Å²) in [6.45, 7) is 6.33. The van der Waals surface area contributed by atoms with Gasteiger partial charge in [0.1, 0.15) is 5.60 Å². The molecule has 0 radical (unpaired) electrons. The summed E-state index contributed by atoms with van der Waals surface area (Å²) < 4.78 is 5.27. The Morgan fingerprint density at radius 3 is 2.83 bits per heavy atom. The van der Waals surface area contributed by atoms with E-state index in [2.05, 4.69) is 33.8 Å². The van der Waals surface area contributed by atoms with Gasteiger partial charge in [-0.1, -0.05) is 24.3 Å². The van der Waals surface area contributed by atoms with Crippen molar-refractivity contribution >= 4 is 17.0 Å². The zero-order chi connectivity index (χ0) is 16.4. The van der Waals surface area contributed by atoms with Crippen molar-refractivity contribution in [3.63, 3.8) is 0 Å². The number of carbonyl (C=O) groups is 1. The summed E-state index contributed by atoms with van der Waals surface area (Å²) in [6, 6.07) is 10.6. The second-order valence-corrected chi connectivity index (χ2v) is 6.97. The van der Waals surface area contributed by atoms with Crippen molar-refractivity contribution in [2.45, 2.75) is 51.4 Å². The Labute approximate surface area is 136 Å². The molecule has 3 rings (SSSR count). The number of nitrogens with one attached hydrogen (secondary N) is 2. The Hall–Kier alpha value is -2.14. The predicted octanol–water partition coefficient (Wildman–Crippen LogP) is 2.99. The lowest BCUT2D eigenvalue weighted by Gasteiger charge is -2.19. The first-order valence-corrected chi connectivity index (χ1v) is 7.98. The fourth-order valence-corrected chi connectivity index (χ4v) is 2.59. The van der Waals surface area contributed by atoms with Crippen LogP contribution >= 0.6 is 0 Å². The van der Waals surface area contributed by atoms with E-state index < -0.39 is 5.60 Å². The number of carbonyl (C=O) groups excluding carboxylic acids is 1. The van der Waals surface area contributed by atoms with Crippen molar-refractivity contribution in [2.24, 2.45) is 0 Å². The smallest absolute Gasteiger partial charge is 0.407 e.